The van der Waals surface area contributed by atoms with Gasteiger partial charge in [-0.15, -0.1) is 63.1 Å². The molecule has 100 heavy (non-hydrogen) atoms. The number of aryl methyl sites for hydroxylation is 10. The molecule has 5 nitrogen and oxygen atoms in total. The average Bonchev–Trinajstić information content (AvgIpc) is 1.06. The van der Waals surface area contributed by atoms with E-state index in [4.69, 9.17) is 23.7 Å². The molecule has 10 aromatic carbocycles. The Morgan fingerprint density at radius 3 is 0.370 bits per heavy atom. The largest absolute Gasteiger partial charge is 0.494 e. The lowest BCUT2D eigenvalue weighted by molar-refractivity contribution is 0.317. The highest BCUT2D eigenvalue weighted by Gasteiger charge is 2.04. The fourth-order valence-electron chi connectivity index (χ4n) is 9.62. The van der Waals surface area contributed by atoms with Crippen molar-refractivity contribution in [2.45, 2.75) is 155 Å². The highest BCUT2D eigenvalue weighted by molar-refractivity contribution is 7.81. The minimum atomic E-state index is 0. The summed E-state index contributed by atoms with van der Waals surface area (Å²) in [5.74, 6) is 4.81. The van der Waals surface area contributed by atoms with Crippen molar-refractivity contribution in [3.05, 3.63) is 298 Å². The highest BCUT2D eigenvalue weighted by Crippen LogP contribution is 2.22. The van der Waals surface area contributed by atoms with Crippen LogP contribution in [0.2, 0.25) is 0 Å². The molecule has 0 saturated carbocycles. The first-order valence-corrected chi connectivity index (χ1v) is 36.1. The molecule has 0 aromatic heterocycles. The van der Waals surface area contributed by atoms with Gasteiger partial charge in [0.2, 0.25) is 0 Å². The average molecular weight is 1460 g/mol. The standard InChI is InChI=1S/5C17H20OS.5FH/c5*1-2-13-18-16-9-5-14(6-10-16)3-4-15-7-11-17(19)12-8-15;;;;;/h5*5-12,19H,2-4,13H2,1H3;5*1H. The molecule has 0 N–H and O–H groups in total. The maximum Gasteiger partial charge on any atom is 0.119 e. The minimum absolute atomic E-state index is 0. The Bertz CT molecular complexity index is 3030. The first kappa shape index (κ1) is 90.6. The van der Waals surface area contributed by atoms with Crippen molar-refractivity contribution in [1.29, 1.82) is 0 Å². The van der Waals surface area contributed by atoms with Crippen molar-refractivity contribution in [2.24, 2.45) is 0 Å². The van der Waals surface area contributed by atoms with E-state index in [-0.39, 0.29) is 23.5 Å². The van der Waals surface area contributed by atoms with E-state index in [1.54, 1.807) is 0 Å². The van der Waals surface area contributed by atoms with Crippen LogP contribution in [0, 0.1) is 0 Å². The van der Waals surface area contributed by atoms with E-state index in [2.05, 4.69) is 280 Å². The second-order valence-electron chi connectivity index (χ2n) is 23.3. The quantitative estimate of drug-likeness (QED) is 0.0229. The topological polar surface area (TPSA) is 46.2 Å². The zero-order valence-electron chi connectivity index (χ0n) is 58.6. The van der Waals surface area contributed by atoms with E-state index in [0.717, 1.165) is 183 Å². The van der Waals surface area contributed by atoms with Crippen LogP contribution in [-0.4, -0.2) is 33.0 Å². The molecular weight excluding hydrogens is 1360 g/mol. The van der Waals surface area contributed by atoms with Crippen molar-refractivity contribution < 1.29 is 47.2 Å². The Kier molecular flexibility index (Phi) is 49.3. The second-order valence-corrected chi connectivity index (χ2v) is 25.9. The molecule has 0 atom stereocenters. The molecule has 10 aromatic rings. The Morgan fingerprint density at radius 2 is 0.270 bits per heavy atom. The van der Waals surface area contributed by atoms with Crippen LogP contribution in [-0.2, 0) is 64.2 Å². The van der Waals surface area contributed by atoms with Crippen LogP contribution < -0.4 is 23.7 Å². The molecule has 0 heterocycles. The lowest BCUT2D eigenvalue weighted by Crippen LogP contribution is -1.95. The molecule has 0 spiro atoms. The van der Waals surface area contributed by atoms with Crippen LogP contribution in [0.1, 0.15) is 122 Å². The van der Waals surface area contributed by atoms with Crippen LogP contribution >= 0.6 is 63.1 Å². The van der Waals surface area contributed by atoms with Crippen molar-refractivity contribution in [3.8, 4) is 28.7 Å². The number of ether oxygens (including phenoxy) is 5. The third kappa shape index (κ3) is 38.4. The molecule has 10 rings (SSSR count). The summed E-state index contributed by atoms with van der Waals surface area (Å²) in [4.78, 5) is 5.07. The Labute approximate surface area is 621 Å². The first-order valence-electron chi connectivity index (χ1n) is 33.9. The third-order valence-electron chi connectivity index (χ3n) is 15.2. The molecule has 0 fully saturated rings. The Balaban J connectivity index is 0.000000617. The number of rotatable bonds is 30. The maximum absolute atomic E-state index is 5.58. The zero-order valence-corrected chi connectivity index (χ0v) is 63.0. The van der Waals surface area contributed by atoms with Gasteiger partial charge in [0.1, 0.15) is 28.7 Å². The molecule has 0 unspecified atom stereocenters. The van der Waals surface area contributed by atoms with Crippen LogP contribution in [0.5, 0.6) is 28.7 Å². The van der Waals surface area contributed by atoms with Gasteiger partial charge in [-0.05, 0) is 273 Å². The van der Waals surface area contributed by atoms with Gasteiger partial charge in [-0.1, -0.05) is 156 Å². The number of hydrogen-bond donors (Lipinski definition) is 5. The van der Waals surface area contributed by atoms with Gasteiger partial charge in [-0.3, -0.25) is 23.5 Å². The zero-order chi connectivity index (χ0) is 67.5. The van der Waals surface area contributed by atoms with E-state index < -0.39 is 0 Å². The fourth-order valence-corrected chi connectivity index (χ4v) is 10.4. The third-order valence-corrected chi connectivity index (χ3v) is 16.7. The summed E-state index contributed by atoms with van der Waals surface area (Å²) in [7, 11) is 0. The molecule has 0 aliphatic heterocycles. The van der Waals surface area contributed by atoms with Crippen LogP contribution in [0.15, 0.2) is 267 Å². The van der Waals surface area contributed by atoms with Crippen LogP contribution in [0.4, 0.5) is 23.5 Å². The van der Waals surface area contributed by atoms with Gasteiger partial charge in [0.05, 0.1) is 33.0 Å². The van der Waals surface area contributed by atoms with Crippen molar-refractivity contribution in [3.63, 3.8) is 0 Å². The van der Waals surface area contributed by atoms with E-state index in [1.165, 1.54) is 55.6 Å². The summed E-state index contributed by atoms with van der Waals surface area (Å²) in [6, 6.07) is 83.9. The first-order chi connectivity index (χ1) is 46.4. The number of benzene rings is 10. The van der Waals surface area contributed by atoms with Crippen molar-refractivity contribution in [2.75, 3.05) is 33.0 Å². The van der Waals surface area contributed by atoms with Crippen molar-refractivity contribution >= 4 is 63.1 Å². The lowest BCUT2D eigenvalue weighted by Gasteiger charge is -2.06. The van der Waals surface area contributed by atoms with Gasteiger partial charge >= 0.3 is 0 Å². The second kappa shape index (κ2) is 54.4. The molecule has 0 radical (unpaired) electrons. The summed E-state index contributed by atoms with van der Waals surface area (Å²) in [6.45, 7) is 14.5. The normalized spacial score (nSPS) is 9.90. The van der Waals surface area contributed by atoms with Gasteiger partial charge < -0.3 is 23.7 Å². The van der Waals surface area contributed by atoms with E-state index in [0.29, 0.717) is 0 Å². The molecule has 15 heteroatoms. The highest BCUT2D eigenvalue weighted by atomic mass is 32.1. The Hall–Kier alpha value is -7.40. The minimum Gasteiger partial charge on any atom is -0.494 e. The molecule has 0 aliphatic rings. The summed E-state index contributed by atoms with van der Waals surface area (Å²) in [6.07, 6.45) is 15.8. The Morgan fingerprint density at radius 1 is 0.170 bits per heavy atom. The van der Waals surface area contributed by atoms with E-state index in [9.17, 15) is 0 Å². The SMILES string of the molecule is CCCOc1ccc(CCc2ccc(S)cc2)cc1.CCCOc1ccc(CCc2ccc(S)cc2)cc1.CCCOc1ccc(CCc2ccc(S)cc2)cc1.CCCOc1ccc(CCc2ccc(S)cc2)cc1.CCCOc1ccc(CCc2ccc(S)cc2)cc1.F.F.F.F.F. The number of halogens is 5. The molecule has 0 saturated heterocycles. The van der Waals surface area contributed by atoms with Crippen LogP contribution in [0.3, 0.4) is 0 Å². The number of thiol groups is 5. The van der Waals surface area contributed by atoms with Gasteiger partial charge in [-0.25, -0.2) is 0 Å². The molecule has 540 valence electrons. The summed E-state index contributed by atoms with van der Waals surface area (Å²) >= 11 is 21.5. The lowest BCUT2D eigenvalue weighted by atomic mass is 10.0. The van der Waals surface area contributed by atoms with Gasteiger partial charge in [0.25, 0.3) is 0 Å². The van der Waals surface area contributed by atoms with Gasteiger partial charge in [0, 0.05) is 24.5 Å². The van der Waals surface area contributed by atoms with Crippen molar-refractivity contribution in [1.82, 2.24) is 0 Å². The summed E-state index contributed by atoms with van der Waals surface area (Å²) in [5, 5.41) is 0. The molecular formula is C85H105F5O5S5. The molecule has 0 bridgehead atoms. The fraction of sp³-hybridized carbons (Fsp3) is 0.294. The monoisotopic (exact) mass is 1460 g/mol. The van der Waals surface area contributed by atoms with Gasteiger partial charge in [0.15, 0.2) is 0 Å². The summed E-state index contributed by atoms with van der Waals surface area (Å²) < 4.78 is 27.9. The van der Waals surface area contributed by atoms with Crippen LogP contribution in [0.25, 0.3) is 0 Å². The van der Waals surface area contributed by atoms with Gasteiger partial charge in [-0.2, -0.15) is 0 Å². The van der Waals surface area contributed by atoms with E-state index >= 15 is 0 Å². The molecule has 0 aliphatic carbocycles. The van der Waals surface area contributed by atoms with E-state index in [1.807, 2.05) is 60.7 Å². The predicted octanol–water partition coefficient (Wildman–Crippen LogP) is 23.5. The summed E-state index contributed by atoms with van der Waals surface area (Å²) in [5.41, 5.74) is 13.5. The maximum atomic E-state index is 5.58. The predicted molar refractivity (Wildman–Crippen MR) is 429 cm³/mol. The smallest absolute Gasteiger partial charge is 0.119 e. The number of hydrogen-bond acceptors (Lipinski definition) is 10. The molecule has 0 amide bonds.